The summed E-state index contributed by atoms with van der Waals surface area (Å²) in [7, 11) is 0. The molecule has 1 amide bonds. The van der Waals surface area contributed by atoms with Gasteiger partial charge in [-0.05, 0) is 42.0 Å². The molecule has 0 fully saturated rings. The minimum atomic E-state index is -4.36. The van der Waals surface area contributed by atoms with Gasteiger partial charge in [0.25, 0.3) is 5.91 Å². The number of hydrogen-bond acceptors (Lipinski definition) is 4. The molecule has 9 heteroatoms. The number of anilines is 1. The Morgan fingerprint density at radius 2 is 1.97 bits per heavy atom. The Morgan fingerprint density at radius 3 is 2.67 bits per heavy atom. The summed E-state index contributed by atoms with van der Waals surface area (Å²) in [6.07, 6.45) is -0.512. The third kappa shape index (κ3) is 4.46. The van der Waals surface area contributed by atoms with Gasteiger partial charge in [0, 0.05) is 35.1 Å². The zero-order chi connectivity index (χ0) is 21.1. The van der Waals surface area contributed by atoms with E-state index in [0.29, 0.717) is 29.5 Å². The van der Waals surface area contributed by atoms with Gasteiger partial charge in [0.2, 0.25) is 0 Å². The van der Waals surface area contributed by atoms with Gasteiger partial charge in [-0.15, -0.1) is 11.3 Å². The first-order valence-electron chi connectivity index (χ1n) is 9.01. The third-order valence-corrected chi connectivity index (χ3v) is 5.23. The lowest BCUT2D eigenvalue weighted by molar-refractivity contribution is -0.137. The molecule has 0 atom stereocenters. The number of ether oxygens (including phenoxy) is 1. The molecule has 0 spiro atoms. The highest BCUT2D eigenvalue weighted by molar-refractivity contribution is 7.11. The van der Waals surface area contributed by atoms with Gasteiger partial charge in [0.1, 0.15) is 5.75 Å². The van der Waals surface area contributed by atoms with E-state index < -0.39 is 11.7 Å². The SMILES string of the molecule is O=C(Nc1c[nH]c2ccc(CCOc3ccc(C(F)(F)F)cc3)cc12)c1nccs1. The van der Waals surface area contributed by atoms with Crippen molar-refractivity contribution in [2.45, 2.75) is 12.6 Å². The molecule has 2 N–H and O–H groups in total. The number of rotatable bonds is 6. The number of benzene rings is 2. The highest BCUT2D eigenvalue weighted by Gasteiger charge is 2.30. The van der Waals surface area contributed by atoms with Crippen molar-refractivity contribution in [3.8, 4) is 5.75 Å². The summed E-state index contributed by atoms with van der Waals surface area (Å²) in [5, 5.41) is 5.82. The predicted octanol–water partition coefficient (Wildman–Crippen LogP) is 5.52. The van der Waals surface area contributed by atoms with Gasteiger partial charge >= 0.3 is 6.18 Å². The highest BCUT2D eigenvalue weighted by atomic mass is 32.1. The summed E-state index contributed by atoms with van der Waals surface area (Å²) in [5.41, 5.74) is 1.78. The van der Waals surface area contributed by atoms with Crippen molar-refractivity contribution in [2.24, 2.45) is 0 Å². The van der Waals surface area contributed by atoms with E-state index in [1.54, 1.807) is 17.8 Å². The van der Waals surface area contributed by atoms with E-state index in [4.69, 9.17) is 4.74 Å². The molecule has 0 aliphatic carbocycles. The van der Waals surface area contributed by atoms with Crippen LogP contribution in [0.15, 0.2) is 60.2 Å². The number of carbonyl (C=O) groups excluding carboxylic acids is 1. The van der Waals surface area contributed by atoms with Crippen LogP contribution in [0.4, 0.5) is 18.9 Å². The van der Waals surface area contributed by atoms with Crippen LogP contribution in [-0.2, 0) is 12.6 Å². The fourth-order valence-corrected chi connectivity index (χ4v) is 3.50. The topological polar surface area (TPSA) is 67.0 Å². The van der Waals surface area contributed by atoms with Crippen molar-refractivity contribution in [1.82, 2.24) is 9.97 Å². The summed E-state index contributed by atoms with van der Waals surface area (Å²) in [6, 6.07) is 10.4. The lowest BCUT2D eigenvalue weighted by Crippen LogP contribution is -2.11. The third-order valence-electron chi connectivity index (χ3n) is 4.46. The summed E-state index contributed by atoms with van der Waals surface area (Å²) in [5.74, 6) is 0.101. The molecule has 2 aromatic heterocycles. The Bertz CT molecular complexity index is 1150. The maximum Gasteiger partial charge on any atom is 0.416 e. The lowest BCUT2D eigenvalue weighted by atomic mass is 10.1. The van der Waals surface area contributed by atoms with E-state index in [9.17, 15) is 18.0 Å². The maximum absolute atomic E-state index is 12.6. The largest absolute Gasteiger partial charge is 0.493 e. The van der Waals surface area contributed by atoms with Crippen LogP contribution >= 0.6 is 11.3 Å². The van der Waals surface area contributed by atoms with Crippen LogP contribution in [0.2, 0.25) is 0 Å². The molecular formula is C21H16F3N3O2S. The number of nitrogens with zero attached hydrogens (tertiary/aromatic N) is 1. The molecule has 0 saturated heterocycles. The molecule has 0 bridgehead atoms. The molecule has 0 aliphatic rings. The van der Waals surface area contributed by atoms with Gasteiger partial charge < -0.3 is 15.0 Å². The summed E-state index contributed by atoms with van der Waals surface area (Å²) in [6.45, 7) is 0.308. The van der Waals surface area contributed by atoms with Crippen molar-refractivity contribution >= 4 is 33.8 Å². The molecule has 2 aromatic carbocycles. The number of amides is 1. The van der Waals surface area contributed by atoms with Crippen molar-refractivity contribution in [3.63, 3.8) is 0 Å². The molecular weight excluding hydrogens is 415 g/mol. The standard InChI is InChI=1S/C21H16F3N3O2S/c22-21(23,24)14-2-4-15(5-3-14)29-9-7-13-1-6-17-16(11-13)18(12-26-17)27-19(28)20-25-8-10-30-20/h1-6,8,10-12,26H,7,9H2,(H,27,28). The Morgan fingerprint density at radius 1 is 1.17 bits per heavy atom. The molecule has 5 nitrogen and oxygen atoms in total. The van der Waals surface area contributed by atoms with Crippen LogP contribution in [0.1, 0.15) is 20.9 Å². The molecule has 0 saturated carbocycles. The molecule has 0 aliphatic heterocycles. The van der Waals surface area contributed by atoms with Gasteiger partial charge in [0.05, 0.1) is 17.9 Å². The van der Waals surface area contributed by atoms with Crippen molar-refractivity contribution < 1.29 is 22.7 Å². The first kappa shape index (κ1) is 20.0. The minimum absolute atomic E-state index is 0.276. The van der Waals surface area contributed by atoms with Crippen LogP contribution in [0, 0.1) is 0 Å². The molecule has 0 radical (unpaired) electrons. The molecule has 0 unspecified atom stereocenters. The lowest BCUT2D eigenvalue weighted by Gasteiger charge is -2.09. The average molecular weight is 431 g/mol. The van der Waals surface area contributed by atoms with Crippen molar-refractivity contribution in [2.75, 3.05) is 11.9 Å². The number of aromatic nitrogens is 2. The summed E-state index contributed by atoms with van der Waals surface area (Å²) < 4.78 is 43.4. The van der Waals surface area contributed by atoms with E-state index >= 15 is 0 Å². The predicted molar refractivity (Wildman–Crippen MR) is 109 cm³/mol. The normalized spacial score (nSPS) is 11.6. The van der Waals surface area contributed by atoms with Crippen LogP contribution in [0.3, 0.4) is 0 Å². The number of hydrogen-bond donors (Lipinski definition) is 2. The summed E-state index contributed by atoms with van der Waals surface area (Å²) in [4.78, 5) is 19.4. The molecule has 4 rings (SSSR count). The van der Waals surface area contributed by atoms with Gasteiger partial charge in [-0.2, -0.15) is 13.2 Å². The first-order valence-corrected chi connectivity index (χ1v) is 9.89. The van der Waals surface area contributed by atoms with E-state index in [0.717, 1.165) is 28.6 Å². The van der Waals surface area contributed by atoms with Gasteiger partial charge in [-0.25, -0.2) is 4.98 Å². The Balaban J connectivity index is 1.40. The van der Waals surface area contributed by atoms with Crippen LogP contribution < -0.4 is 10.1 Å². The number of halogens is 3. The second-order valence-corrected chi connectivity index (χ2v) is 7.39. The Labute approximate surface area is 173 Å². The number of carbonyl (C=O) groups is 1. The average Bonchev–Trinajstić information content (AvgIpc) is 3.38. The zero-order valence-corrected chi connectivity index (χ0v) is 16.3. The summed E-state index contributed by atoms with van der Waals surface area (Å²) >= 11 is 1.26. The van der Waals surface area contributed by atoms with Gasteiger partial charge in [0.15, 0.2) is 5.01 Å². The number of fused-ring (bicyclic) bond motifs is 1. The highest BCUT2D eigenvalue weighted by Crippen LogP contribution is 2.30. The fourth-order valence-electron chi connectivity index (χ4n) is 2.96. The Kier molecular flexibility index (Phi) is 5.45. The zero-order valence-electron chi connectivity index (χ0n) is 15.5. The Hall–Kier alpha value is -3.33. The van der Waals surface area contributed by atoms with Gasteiger partial charge in [-0.1, -0.05) is 6.07 Å². The fraction of sp³-hybridized carbons (Fsp3) is 0.143. The minimum Gasteiger partial charge on any atom is -0.493 e. The van der Waals surface area contributed by atoms with Gasteiger partial charge in [-0.3, -0.25) is 4.79 Å². The smallest absolute Gasteiger partial charge is 0.416 e. The maximum atomic E-state index is 12.6. The number of nitrogens with one attached hydrogen (secondary N) is 2. The molecule has 4 aromatic rings. The second kappa shape index (κ2) is 8.19. The van der Waals surface area contributed by atoms with E-state index in [1.165, 1.54) is 23.5 Å². The van der Waals surface area contributed by atoms with Crippen LogP contribution in [-0.4, -0.2) is 22.5 Å². The molecule has 2 heterocycles. The van der Waals surface area contributed by atoms with Crippen molar-refractivity contribution in [3.05, 3.63) is 76.4 Å². The first-order chi connectivity index (χ1) is 14.4. The number of alkyl halides is 3. The molecule has 30 heavy (non-hydrogen) atoms. The van der Waals surface area contributed by atoms with E-state index in [1.807, 2.05) is 18.2 Å². The molecule has 154 valence electrons. The van der Waals surface area contributed by atoms with Crippen LogP contribution in [0.5, 0.6) is 5.75 Å². The number of thiazole rings is 1. The van der Waals surface area contributed by atoms with Crippen LogP contribution in [0.25, 0.3) is 10.9 Å². The number of aromatic amines is 1. The van der Waals surface area contributed by atoms with E-state index in [-0.39, 0.29) is 5.91 Å². The number of H-pyrrole nitrogens is 1. The monoisotopic (exact) mass is 431 g/mol. The van der Waals surface area contributed by atoms with Crippen molar-refractivity contribution in [1.29, 1.82) is 0 Å². The van der Waals surface area contributed by atoms with E-state index in [2.05, 4.69) is 15.3 Å². The quantitative estimate of drug-likeness (QED) is 0.423. The second-order valence-electron chi connectivity index (χ2n) is 6.49.